The smallest absolute Gasteiger partial charge is 0.174 e. The van der Waals surface area contributed by atoms with Crippen LogP contribution in [0, 0.1) is 5.89 Å². The number of nitrogens with zero attached hydrogens (tertiary/aromatic N) is 1. The molecule has 3 aliphatic carbocycles. The molecular weight excluding hydrogens is 330 g/mol. The van der Waals surface area contributed by atoms with Gasteiger partial charge in [0.2, 0.25) is 0 Å². The van der Waals surface area contributed by atoms with Crippen LogP contribution < -0.4 is 4.74 Å². The molecule has 26 heavy (non-hydrogen) atoms. The van der Waals surface area contributed by atoms with Crippen molar-refractivity contribution in [2.24, 2.45) is 5.89 Å². The lowest BCUT2D eigenvalue weighted by Crippen LogP contribution is -2.77. The van der Waals surface area contributed by atoms with Gasteiger partial charge in [-0.2, -0.15) is 0 Å². The number of rotatable bonds is 2. The second-order valence-electron chi connectivity index (χ2n) is 8.66. The average Bonchev–Trinajstić information content (AvgIpc) is 3.29. The Bertz CT molecular complexity index is 929. The molecule has 5 heteroatoms. The first kappa shape index (κ1) is 13.6. The first-order chi connectivity index (χ1) is 13.2. The van der Waals surface area contributed by atoms with Crippen molar-refractivity contribution < 1.29 is 22.5 Å². The van der Waals surface area contributed by atoms with Gasteiger partial charge in [0.25, 0.3) is 0 Å². The predicted molar refractivity (Wildman–Crippen MR) is 94.4 cm³/mol. The molecule has 5 atom stereocenters. The number of hydrogen-bond acceptors (Lipinski definition) is 5. The van der Waals surface area contributed by atoms with Crippen molar-refractivity contribution in [3.05, 3.63) is 23.3 Å². The molecule has 2 saturated carbocycles. The van der Waals surface area contributed by atoms with E-state index in [1.54, 1.807) is 6.07 Å². The molecule has 0 amide bonds. The third-order valence-electron chi connectivity index (χ3n) is 7.70. The average molecular weight is 357 g/mol. The van der Waals surface area contributed by atoms with Gasteiger partial charge < -0.3 is 14.9 Å². The Morgan fingerprint density at radius 3 is 3.00 bits per heavy atom. The number of benzene rings is 1. The minimum Gasteiger partial charge on any atom is -0.504 e. The standard InChI is InChI=1S/C21H25NO4/c1-11(12-2-3-12)22-9-8-20-17-13-4-5-14(23)18(17)26-19(20)15(24)6-7-21(20,25)16(22)10-13/h4-5,11-12,16,19,23,25H,2-3,6-10H2,1H3/t11?,16-,19+,20+,21-/m1/s1/i11D,12D. The summed E-state index contributed by atoms with van der Waals surface area (Å²) in [5.41, 5.74) is -0.277. The highest BCUT2D eigenvalue weighted by Gasteiger charge is 2.73. The van der Waals surface area contributed by atoms with Crippen LogP contribution in [-0.4, -0.2) is 51.2 Å². The zero-order chi connectivity index (χ0) is 19.7. The number of phenolic OH excluding ortho intramolecular Hbond substituents is 1. The first-order valence-electron chi connectivity index (χ1n) is 10.7. The van der Waals surface area contributed by atoms with Crippen LogP contribution in [0.4, 0.5) is 0 Å². The Labute approximate surface area is 155 Å². The Kier molecular flexibility index (Phi) is 2.41. The zero-order valence-corrected chi connectivity index (χ0v) is 14.9. The Morgan fingerprint density at radius 1 is 1.42 bits per heavy atom. The summed E-state index contributed by atoms with van der Waals surface area (Å²) in [6, 6.07) is 2.03. The number of likely N-dealkylation sites (tertiary alicyclic amines) is 1. The van der Waals surface area contributed by atoms with Gasteiger partial charge >= 0.3 is 0 Å². The van der Waals surface area contributed by atoms with Crippen LogP contribution in [-0.2, 0) is 16.6 Å². The van der Waals surface area contributed by atoms with Crippen molar-refractivity contribution in [2.75, 3.05) is 6.54 Å². The molecule has 3 fully saturated rings. The normalized spacial score (nSPS) is 45.1. The monoisotopic (exact) mass is 357 g/mol. The number of phenols is 1. The van der Waals surface area contributed by atoms with Crippen molar-refractivity contribution >= 4 is 5.78 Å². The third-order valence-corrected chi connectivity index (χ3v) is 7.70. The van der Waals surface area contributed by atoms with Gasteiger partial charge in [-0.3, -0.25) is 9.69 Å². The van der Waals surface area contributed by atoms with E-state index in [4.69, 9.17) is 7.48 Å². The second kappa shape index (κ2) is 4.63. The van der Waals surface area contributed by atoms with Crippen molar-refractivity contribution in [2.45, 2.75) is 74.6 Å². The molecule has 2 heterocycles. The highest BCUT2D eigenvalue weighted by atomic mass is 16.5. The van der Waals surface area contributed by atoms with Gasteiger partial charge in [-0.05, 0) is 63.1 Å². The number of carbonyl (C=O) groups excluding carboxylic acids is 1. The van der Waals surface area contributed by atoms with E-state index in [1.165, 1.54) is 0 Å². The zero-order valence-electron chi connectivity index (χ0n) is 16.9. The van der Waals surface area contributed by atoms with E-state index in [1.807, 2.05) is 17.9 Å². The number of Topliss-reactive ketones (excluding diaryl/α,β-unsaturated/α-hetero) is 1. The number of aliphatic hydroxyl groups is 1. The minimum absolute atomic E-state index is 0.0203. The second-order valence-corrected chi connectivity index (χ2v) is 8.66. The predicted octanol–water partition coefficient (Wildman–Crippen LogP) is 1.91. The van der Waals surface area contributed by atoms with Crippen LogP contribution in [0.5, 0.6) is 11.5 Å². The van der Waals surface area contributed by atoms with E-state index in [9.17, 15) is 15.0 Å². The highest BCUT2D eigenvalue weighted by Crippen LogP contribution is 2.65. The maximum atomic E-state index is 12.8. The van der Waals surface area contributed by atoms with Gasteiger partial charge in [0.1, 0.15) is 0 Å². The molecule has 6 rings (SSSR count). The molecule has 5 nitrogen and oxygen atoms in total. The van der Waals surface area contributed by atoms with Crippen molar-refractivity contribution in [1.29, 1.82) is 0 Å². The molecule has 0 aromatic heterocycles. The summed E-state index contributed by atoms with van der Waals surface area (Å²) in [5, 5.41) is 22.5. The minimum atomic E-state index is -1.20. The molecule has 1 saturated heterocycles. The van der Waals surface area contributed by atoms with Crippen LogP contribution in [0.2, 0.25) is 0 Å². The van der Waals surface area contributed by atoms with E-state index in [-0.39, 0.29) is 24.0 Å². The van der Waals surface area contributed by atoms with Crippen molar-refractivity contribution in [1.82, 2.24) is 4.90 Å². The summed E-state index contributed by atoms with van der Waals surface area (Å²) < 4.78 is 23.7. The SMILES string of the molecule is [2H]C1(C([2H])(C)N2CC[C@]34c5c6ccc(O)c5O[C@H]3C(=O)CC[C@@]4(O)[C@H]2C6)CC1. The van der Waals surface area contributed by atoms with E-state index < -0.39 is 29.0 Å². The van der Waals surface area contributed by atoms with Crippen molar-refractivity contribution in [3.63, 3.8) is 0 Å². The quantitative estimate of drug-likeness (QED) is 0.846. The van der Waals surface area contributed by atoms with E-state index in [2.05, 4.69) is 0 Å². The van der Waals surface area contributed by atoms with Crippen LogP contribution in [0.1, 0.15) is 52.9 Å². The van der Waals surface area contributed by atoms with E-state index in [0.29, 0.717) is 44.4 Å². The summed E-state index contributed by atoms with van der Waals surface area (Å²) in [7, 11) is 0. The third kappa shape index (κ3) is 1.55. The number of ketones is 1. The molecule has 2 N–H and O–H groups in total. The lowest BCUT2D eigenvalue weighted by molar-refractivity contribution is -0.194. The molecular formula is C21H25NO4. The summed E-state index contributed by atoms with van der Waals surface area (Å²) >= 11 is 0. The van der Waals surface area contributed by atoms with Gasteiger partial charge in [-0.25, -0.2) is 0 Å². The molecule has 138 valence electrons. The summed E-state index contributed by atoms with van der Waals surface area (Å²) in [6.45, 7) is 2.35. The summed E-state index contributed by atoms with van der Waals surface area (Å²) in [4.78, 5) is 14.8. The van der Waals surface area contributed by atoms with E-state index in [0.717, 1.165) is 11.1 Å². The van der Waals surface area contributed by atoms with Gasteiger partial charge in [0.15, 0.2) is 23.4 Å². The Hall–Kier alpha value is -1.59. The van der Waals surface area contributed by atoms with Crippen LogP contribution in [0.15, 0.2) is 12.1 Å². The number of carbonyl (C=O) groups is 1. The Balaban J connectivity index is 1.58. The molecule has 1 spiro atoms. The molecule has 0 radical (unpaired) electrons. The molecule has 2 aliphatic heterocycles. The molecule has 1 unspecified atom stereocenters. The van der Waals surface area contributed by atoms with Gasteiger partial charge in [-0.15, -0.1) is 0 Å². The number of hydrogen-bond donors (Lipinski definition) is 2. The fourth-order valence-corrected chi connectivity index (χ4v) is 6.36. The molecule has 1 aromatic carbocycles. The Morgan fingerprint density at radius 2 is 2.23 bits per heavy atom. The van der Waals surface area contributed by atoms with Gasteiger partial charge in [0.05, 0.1) is 11.0 Å². The number of piperidine rings is 1. The fraction of sp³-hybridized carbons (Fsp3) is 0.667. The largest absolute Gasteiger partial charge is 0.504 e. The highest BCUT2D eigenvalue weighted by molar-refractivity contribution is 5.90. The molecule has 2 bridgehead atoms. The van der Waals surface area contributed by atoms with E-state index >= 15 is 0 Å². The lowest BCUT2D eigenvalue weighted by atomic mass is 9.49. The van der Waals surface area contributed by atoms with Crippen LogP contribution in [0.25, 0.3) is 0 Å². The van der Waals surface area contributed by atoms with Crippen molar-refractivity contribution in [3.8, 4) is 11.5 Å². The maximum Gasteiger partial charge on any atom is 0.174 e. The molecule has 1 aromatic rings. The number of ether oxygens (including phenoxy) is 1. The summed E-state index contributed by atoms with van der Waals surface area (Å²) in [6.07, 6.45) is 2.24. The maximum absolute atomic E-state index is 12.8. The van der Waals surface area contributed by atoms with Crippen LogP contribution >= 0.6 is 0 Å². The number of aromatic hydroxyl groups is 1. The summed E-state index contributed by atoms with van der Waals surface area (Å²) in [5.74, 6) is -0.444. The van der Waals surface area contributed by atoms with Crippen LogP contribution in [0.3, 0.4) is 0 Å². The first-order valence-corrected chi connectivity index (χ1v) is 9.70. The topological polar surface area (TPSA) is 70.0 Å². The molecule has 5 aliphatic rings. The van der Waals surface area contributed by atoms with Gasteiger partial charge in [-0.1, -0.05) is 6.07 Å². The fourth-order valence-electron chi connectivity index (χ4n) is 6.36. The van der Waals surface area contributed by atoms with Gasteiger partial charge in [0, 0.05) is 26.8 Å². The lowest BCUT2D eigenvalue weighted by Gasteiger charge is -2.63.